The third-order valence-corrected chi connectivity index (χ3v) is 7.27. The number of aryl methyl sites for hydroxylation is 1. The lowest BCUT2D eigenvalue weighted by Gasteiger charge is -2.20. The molecule has 2 atom stereocenters. The summed E-state index contributed by atoms with van der Waals surface area (Å²) in [6.07, 6.45) is 13.0. The molecule has 2 aliphatic rings. The van der Waals surface area contributed by atoms with E-state index in [1.54, 1.807) is 6.20 Å². The zero-order valence-electron chi connectivity index (χ0n) is 20.2. The fourth-order valence-electron chi connectivity index (χ4n) is 5.44. The van der Waals surface area contributed by atoms with Crippen molar-refractivity contribution < 1.29 is 0 Å². The number of hydrogen-bond acceptors (Lipinski definition) is 7. The van der Waals surface area contributed by atoms with Crippen molar-refractivity contribution in [3.63, 3.8) is 0 Å². The van der Waals surface area contributed by atoms with Crippen molar-refractivity contribution in [2.24, 2.45) is 11.8 Å². The summed E-state index contributed by atoms with van der Waals surface area (Å²) in [5, 5.41) is 6.84. The molecule has 1 saturated carbocycles. The minimum Gasteiger partial charge on any atom is -0.356 e. The van der Waals surface area contributed by atoms with Crippen molar-refractivity contribution in [3.05, 3.63) is 60.7 Å². The van der Waals surface area contributed by atoms with Crippen LogP contribution in [0, 0.1) is 11.8 Å². The van der Waals surface area contributed by atoms with E-state index in [1.807, 2.05) is 41.1 Å². The smallest absolute Gasteiger partial charge is 0.232 e. The first-order valence-corrected chi connectivity index (χ1v) is 12.8. The molecule has 4 aromatic heterocycles. The molecule has 180 valence electrons. The van der Waals surface area contributed by atoms with E-state index < -0.39 is 0 Å². The summed E-state index contributed by atoms with van der Waals surface area (Å²) in [6, 6.07) is 12.2. The molecule has 1 aliphatic heterocycles. The predicted octanol–water partition coefficient (Wildman–Crippen LogP) is 5.59. The highest BCUT2D eigenvalue weighted by Crippen LogP contribution is 2.39. The number of aromatic nitrogens is 5. The molecule has 1 saturated heterocycles. The summed E-state index contributed by atoms with van der Waals surface area (Å²) in [5.41, 5.74) is 2.92. The number of nitrogens with one attached hydrogen (secondary N) is 2. The van der Waals surface area contributed by atoms with Gasteiger partial charge in [0.1, 0.15) is 23.1 Å². The van der Waals surface area contributed by atoms with E-state index in [-0.39, 0.29) is 0 Å². The van der Waals surface area contributed by atoms with Crippen molar-refractivity contribution in [3.8, 4) is 0 Å². The molecule has 4 aromatic rings. The van der Waals surface area contributed by atoms with Crippen LogP contribution in [0.15, 0.2) is 55.0 Å². The number of pyridine rings is 2. The first-order chi connectivity index (χ1) is 17.2. The van der Waals surface area contributed by atoms with E-state index in [2.05, 4.69) is 39.6 Å². The number of imidazole rings is 1. The molecule has 0 aromatic carbocycles. The van der Waals surface area contributed by atoms with Crippen LogP contribution in [0.25, 0.3) is 5.65 Å². The molecular formula is C27H32N8. The number of unbranched alkanes of at least 4 members (excludes halogenated alkanes) is 1. The van der Waals surface area contributed by atoms with E-state index in [0.29, 0.717) is 5.95 Å². The van der Waals surface area contributed by atoms with Crippen LogP contribution in [0.1, 0.15) is 44.7 Å². The summed E-state index contributed by atoms with van der Waals surface area (Å²) in [5.74, 6) is 4.63. The molecule has 8 nitrogen and oxygen atoms in total. The maximum atomic E-state index is 4.92. The Morgan fingerprint density at radius 2 is 1.83 bits per heavy atom. The molecule has 2 N–H and O–H groups in total. The lowest BCUT2D eigenvalue weighted by molar-refractivity contribution is 0.494. The fraction of sp³-hybridized carbons (Fsp3) is 0.407. The second-order valence-electron chi connectivity index (χ2n) is 9.77. The van der Waals surface area contributed by atoms with Crippen molar-refractivity contribution in [1.29, 1.82) is 0 Å². The number of fused-ring (bicyclic) bond motifs is 2. The molecular weight excluding hydrogens is 436 g/mol. The quantitative estimate of drug-likeness (QED) is 0.349. The molecule has 0 spiro atoms. The maximum absolute atomic E-state index is 4.92. The summed E-state index contributed by atoms with van der Waals surface area (Å²) < 4.78 is 1.99. The van der Waals surface area contributed by atoms with Crippen LogP contribution in [0.2, 0.25) is 0 Å². The van der Waals surface area contributed by atoms with Crippen molar-refractivity contribution in [1.82, 2.24) is 24.3 Å². The van der Waals surface area contributed by atoms with Crippen LogP contribution >= 0.6 is 0 Å². The van der Waals surface area contributed by atoms with Gasteiger partial charge in [-0.2, -0.15) is 9.97 Å². The highest BCUT2D eigenvalue weighted by Gasteiger charge is 2.36. The summed E-state index contributed by atoms with van der Waals surface area (Å²) >= 11 is 0. The molecule has 5 heterocycles. The topological polar surface area (TPSA) is 83.3 Å². The van der Waals surface area contributed by atoms with E-state index in [1.165, 1.54) is 19.3 Å². The van der Waals surface area contributed by atoms with Gasteiger partial charge in [-0.1, -0.05) is 25.8 Å². The Kier molecular flexibility index (Phi) is 5.94. The van der Waals surface area contributed by atoms with E-state index >= 15 is 0 Å². The second kappa shape index (κ2) is 9.52. The third-order valence-electron chi connectivity index (χ3n) is 7.27. The van der Waals surface area contributed by atoms with E-state index in [4.69, 9.17) is 15.0 Å². The standard InChI is InChI=1S/C27H32N8/c1-2-3-8-21-9-5-10-23(29-21)31-27-32-24(30-22-11-13-34-14-12-28-25(34)15-22)16-26(33-27)35-17-19-6-4-7-20(19)18-35/h5,9-16,19-20H,2-4,6-8,17-18H2,1H3,(H2,29,30,31,32,33)/t19-,20+. The van der Waals surface area contributed by atoms with Gasteiger partial charge in [0.05, 0.1) is 0 Å². The summed E-state index contributed by atoms with van der Waals surface area (Å²) in [4.78, 5) is 21.3. The lowest BCUT2D eigenvalue weighted by atomic mass is 10.0. The zero-order chi connectivity index (χ0) is 23.6. The van der Waals surface area contributed by atoms with Crippen molar-refractivity contribution in [2.45, 2.75) is 45.4 Å². The van der Waals surface area contributed by atoms with Gasteiger partial charge in [0.2, 0.25) is 5.95 Å². The summed E-state index contributed by atoms with van der Waals surface area (Å²) in [7, 11) is 0. The molecule has 2 fully saturated rings. The monoisotopic (exact) mass is 468 g/mol. The lowest BCUT2D eigenvalue weighted by Crippen LogP contribution is -2.22. The average molecular weight is 469 g/mol. The van der Waals surface area contributed by atoms with Gasteiger partial charge in [-0.15, -0.1) is 0 Å². The van der Waals surface area contributed by atoms with Crippen LogP contribution in [0.3, 0.4) is 0 Å². The Hall–Kier alpha value is -3.68. The largest absolute Gasteiger partial charge is 0.356 e. The first-order valence-electron chi connectivity index (χ1n) is 12.8. The van der Waals surface area contributed by atoms with Gasteiger partial charge >= 0.3 is 0 Å². The van der Waals surface area contributed by atoms with Gasteiger partial charge in [-0.3, -0.25) is 0 Å². The minimum atomic E-state index is 0.559. The van der Waals surface area contributed by atoms with Crippen molar-refractivity contribution in [2.75, 3.05) is 28.6 Å². The zero-order valence-corrected chi connectivity index (χ0v) is 20.2. The number of hydrogen-bond donors (Lipinski definition) is 2. The maximum Gasteiger partial charge on any atom is 0.232 e. The Morgan fingerprint density at radius 3 is 2.69 bits per heavy atom. The minimum absolute atomic E-state index is 0.559. The Morgan fingerprint density at radius 1 is 0.943 bits per heavy atom. The molecule has 6 rings (SSSR count). The molecule has 0 bridgehead atoms. The Bertz CT molecular complexity index is 1300. The molecule has 0 amide bonds. The van der Waals surface area contributed by atoms with Crippen molar-refractivity contribution >= 4 is 34.7 Å². The van der Waals surface area contributed by atoms with E-state index in [9.17, 15) is 0 Å². The molecule has 0 radical (unpaired) electrons. The van der Waals surface area contributed by atoms with Crippen LogP contribution < -0.4 is 15.5 Å². The fourth-order valence-corrected chi connectivity index (χ4v) is 5.44. The van der Waals surface area contributed by atoms with Gasteiger partial charge in [-0.25, -0.2) is 9.97 Å². The van der Waals surface area contributed by atoms with Gasteiger partial charge in [0.25, 0.3) is 0 Å². The Balaban J connectivity index is 1.29. The third kappa shape index (κ3) is 4.78. The normalized spacial score (nSPS) is 19.3. The average Bonchev–Trinajstić information content (AvgIpc) is 3.59. The number of anilines is 5. The summed E-state index contributed by atoms with van der Waals surface area (Å²) in [6.45, 7) is 4.35. The molecule has 1 aliphatic carbocycles. The van der Waals surface area contributed by atoms with Gasteiger partial charge in [0.15, 0.2) is 0 Å². The second-order valence-corrected chi connectivity index (χ2v) is 9.77. The first kappa shape index (κ1) is 21.8. The van der Waals surface area contributed by atoms with Gasteiger partial charge in [0, 0.05) is 55.2 Å². The molecule has 35 heavy (non-hydrogen) atoms. The highest BCUT2D eigenvalue weighted by atomic mass is 15.3. The van der Waals surface area contributed by atoms with Crippen LogP contribution in [-0.2, 0) is 6.42 Å². The SMILES string of the molecule is CCCCc1cccc(Nc2nc(Nc3ccn4ccnc4c3)cc(N3C[C@H]4CCC[C@H]4C3)n2)n1. The molecule has 0 unspecified atom stereocenters. The van der Waals surface area contributed by atoms with E-state index in [0.717, 1.165) is 78.7 Å². The van der Waals surface area contributed by atoms with Crippen LogP contribution in [0.4, 0.5) is 29.1 Å². The van der Waals surface area contributed by atoms with Gasteiger partial charge < -0.3 is 19.9 Å². The highest BCUT2D eigenvalue weighted by molar-refractivity contribution is 5.66. The predicted molar refractivity (Wildman–Crippen MR) is 140 cm³/mol. The van der Waals surface area contributed by atoms with Crippen LogP contribution in [0.5, 0.6) is 0 Å². The van der Waals surface area contributed by atoms with Crippen LogP contribution in [-0.4, -0.2) is 37.4 Å². The number of rotatable bonds is 8. The Labute approximate surface area is 205 Å². The molecule has 8 heteroatoms. The number of nitrogens with zero attached hydrogens (tertiary/aromatic N) is 6. The van der Waals surface area contributed by atoms with Gasteiger partial charge in [-0.05, 0) is 55.7 Å².